The van der Waals surface area contributed by atoms with Crippen LogP contribution in [0.1, 0.15) is 5.56 Å². The Hall–Kier alpha value is -1.90. The first-order valence-corrected chi connectivity index (χ1v) is 4.94. The van der Waals surface area contributed by atoms with Gasteiger partial charge in [-0.3, -0.25) is 0 Å². The van der Waals surface area contributed by atoms with Crippen LogP contribution < -0.4 is 10.6 Å². The number of nitrogens with zero attached hydrogens (tertiary/aromatic N) is 1. The van der Waals surface area contributed by atoms with Crippen molar-refractivity contribution >= 4 is 11.4 Å². The molecule has 1 aromatic heterocycles. The number of nitrogen functional groups attached to an aromatic ring is 1. The van der Waals surface area contributed by atoms with E-state index in [0.29, 0.717) is 0 Å². The number of H-pyrrole nitrogens is 1. The van der Waals surface area contributed by atoms with Gasteiger partial charge >= 0.3 is 0 Å². The third-order valence-corrected chi connectivity index (χ3v) is 2.39. The Morgan fingerprint density at radius 3 is 2.87 bits per heavy atom. The summed E-state index contributed by atoms with van der Waals surface area (Å²) in [6.45, 7) is 0.882. The quantitative estimate of drug-likeness (QED) is 0.748. The van der Waals surface area contributed by atoms with Gasteiger partial charge in [0.1, 0.15) is 0 Å². The van der Waals surface area contributed by atoms with Gasteiger partial charge in [0.15, 0.2) is 0 Å². The minimum absolute atomic E-state index is 0.799. The molecule has 0 bridgehead atoms. The smallest absolute Gasteiger partial charge is 0.0441 e. The molecule has 0 radical (unpaired) electrons. The zero-order valence-corrected chi connectivity index (χ0v) is 8.77. The van der Waals surface area contributed by atoms with Gasteiger partial charge in [0.2, 0.25) is 0 Å². The highest BCUT2D eigenvalue weighted by molar-refractivity contribution is 5.55. The lowest BCUT2D eigenvalue weighted by Gasteiger charge is -2.18. The number of aromatic amines is 1. The Morgan fingerprint density at radius 1 is 1.33 bits per heavy atom. The third-order valence-electron chi connectivity index (χ3n) is 2.39. The number of nitrogens with one attached hydrogen (secondary N) is 1. The minimum Gasteiger partial charge on any atom is -0.399 e. The molecule has 0 aliphatic carbocycles. The molecular weight excluding hydrogens is 186 g/mol. The van der Waals surface area contributed by atoms with E-state index in [1.807, 2.05) is 30.6 Å². The first-order chi connectivity index (χ1) is 7.25. The lowest BCUT2D eigenvalue weighted by Crippen LogP contribution is -2.15. The average molecular weight is 201 g/mol. The van der Waals surface area contributed by atoms with Crippen LogP contribution in [-0.2, 0) is 6.54 Å². The van der Waals surface area contributed by atoms with E-state index >= 15 is 0 Å². The fourth-order valence-electron chi connectivity index (χ4n) is 1.58. The van der Waals surface area contributed by atoms with Gasteiger partial charge in [-0.25, -0.2) is 0 Å². The third kappa shape index (κ3) is 2.31. The minimum atomic E-state index is 0.799. The van der Waals surface area contributed by atoms with Gasteiger partial charge in [0.05, 0.1) is 0 Å². The average Bonchev–Trinajstić information content (AvgIpc) is 2.70. The van der Waals surface area contributed by atoms with Crippen LogP contribution in [0.3, 0.4) is 0 Å². The van der Waals surface area contributed by atoms with E-state index in [-0.39, 0.29) is 0 Å². The topological polar surface area (TPSA) is 45.0 Å². The van der Waals surface area contributed by atoms with Crippen molar-refractivity contribution in [3.8, 4) is 0 Å². The number of benzene rings is 1. The van der Waals surface area contributed by atoms with Gasteiger partial charge in [-0.2, -0.15) is 0 Å². The SMILES string of the molecule is CN(Cc1cc[nH]c1)c1cccc(N)c1. The Labute approximate surface area is 89.5 Å². The molecule has 2 rings (SSSR count). The molecule has 0 amide bonds. The van der Waals surface area contributed by atoms with E-state index in [1.165, 1.54) is 5.56 Å². The van der Waals surface area contributed by atoms with Gasteiger partial charge in [0.25, 0.3) is 0 Å². The summed E-state index contributed by atoms with van der Waals surface area (Å²) in [6, 6.07) is 9.98. The maximum Gasteiger partial charge on any atom is 0.0441 e. The van der Waals surface area contributed by atoms with Crippen molar-refractivity contribution < 1.29 is 0 Å². The number of hydrogen-bond donors (Lipinski definition) is 2. The zero-order valence-electron chi connectivity index (χ0n) is 8.77. The number of nitrogens with two attached hydrogens (primary N) is 1. The maximum absolute atomic E-state index is 5.74. The van der Waals surface area contributed by atoms with Crippen LogP contribution in [0.4, 0.5) is 11.4 Å². The van der Waals surface area contributed by atoms with Gasteiger partial charge in [-0.1, -0.05) is 6.07 Å². The summed E-state index contributed by atoms with van der Waals surface area (Å²) in [5.74, 6) is 0. The van der Waals surface area contributed by atoms with Crippen molar-refractivity contribution in [2.45, 2.75) is 6.54 Å². The summed E-state index contributed by atoms with van der Waals surface area (Å²) in [5, 5.41) is 0. The molecule has 1 aromatic carbocycles. The molecule has 3 N–H and O–H groups in total. The summed E-state index contributed by atoms with van der Waals surface area (Å²) in [7, 11) is 2.06. The number of rotatable bonds is 3. The Bertz CT molecular complexity index is 420. The summed E-state index contributed by atoms with van der Waals surface area (Å²) >= 11 is 0. The van der Waals surface area contributed by atoms with Crippen molar-refractivity contribution in [3.63, 3.8) is 0 Å². The zero-order chi connectivity index (χ0) is 10.7. The molecule has 0 atom stereocenters. The van der Waals surface area contributed by atoms with Crippen molar-refractivity contribution in [2.24, 2.45) is 0 Å². The van der Waals surface area contributed by atoms with E-state index in [1.54, 1.807) is 0 Å². The van der Waals surface area contributed by atoms with Crippen LogP contribution in [0.25, 0.3) is 0 Å². The molecule has 0 aliphatic rings. The highest BCUT2D eigenvalue weighted by Crippen LogP contribution is 2.17. The summed E-state index contributed by atoms with van der Waals surface area (Å²) in [4.78, 5) is 5.21. The van der Waals surface area contributed by atoms with Crippen LogP contribution in [0.15, 0.2) is 42.7 Å². The highest BCUT2D eigenvalue weighted by atomic mass is 15.1. The van der Waals surface area contributed by atoms with Gasteiger partial charge in [-0.15, -0.1) is 0 Å². The van der Waals surface area contributed by atoms with Gasteiger partial charge in [0, 0.05) is 37.4 Å². The second-order valence-electron chi connectivity index (χ2n) is 3.67. The fraction of sp³-hybridized carbons (Fsp3) is 0.167. The Morgan fingerprint density at radius 2 is 2.20 bits per heavy atom. The predicted molar refractivity (Wildman–Crippen MR) is 63.8 cm³/mol. The molecule has 3 heteroatoms. The predicted octanol–water partition coefficient (Wildman–Crippen LogP) is 2.23. The van der Waals surface area contributed by atoms with E-state index in [0.717, 1.165) is 17.9 Å². The second kappa shape index (κ2) is 4.09. The Kier molecular flexibility index (Phi) is 2.63. The molecule has 0 fully saturated rings. The standard InChI is InChI=1S/C12H15N3/c1-15(9-10-5-6-14-8-10)12-4-2-3-11(13)7-12/h2-8,14H,9,13H2,1H3. The summed E-state index contributed by atoms with van der Waals surface area (Å²) in [6.07, 6.45) is 3.94. The van der Waals surface area contributed by atoms with E-state index in [4.69, 9.17) is 5.73 Å². The summed E-state index contributed by atoms with van der Waals surface area (Å²) in [5.41, 5.74) is 8.94. The lowest BCUT2D eigenvalue weighted by atomic mass is 10.2. The van der Waals surface area contributed by atoms with Crippen LogP contribution in [0.5, 0.6) is 0 Å². The molecule has 0 saturated heterocycles. The van der Waals surface area contributed by atoms with Crippen LogP contribution in [0, 0.1) is 0 Å². The molecule has 1 heterocycles. The molecule has 15 heavy (non-hydrogen) atoms. The second-order valence-corrected chi connectivity index (χ2v) is 3.67. The van der Waals surface area contributed by atoms with Crippen molar-refractivity contribution in [3.05, 3.63) is 48.3 Å². The molecule has 0 spiro atoms. The number of hydrogen-bond acceptors (Lipinski definition) is 2. The Balaban J connectivity index is 2.11. The molecule has 78 valence electrons. The van der Waals surface area contributed by atoms with Crippen molar-refractivity contribution in [1.29, 1.82) is 0 Å². The normalized spacial score (nSPS) is 10.2. The first kappa shape index (κ1) is 9.65. The first-order valence-electron chi connectivity index (χ1n) is 4.94. The van der Waals surface area contributed by atoms with Gasteiger partial charge < -0.3 is 15.6 Å². The van der Waals surface area contributed by atoms with E-state index in [9.17, 15) is 0 Å². The summed E-state index contributed by atoms with van der Waals surface area (Å²) < 4.78 is 0. The van der Waals surface area contributed by atoms with Crippen molar-refractivity contribution in [1.82, 2.24) is 4.98 Å². The highest BCUT2D eigenvalue weighted by Gasteiger charge is 2.02. The maximum atomic E-state index is 5.74. The molecule has 3 nitrogen and oxygen atoms in total. The molecule has 0 unspecified atom stereocenters. The van der Waals surface area contributed by atoms with Crippen molar-refractivity contribution in [2.75, 3.05) is 17.7 Å². The van der Waals surface area contributed by atoms with Crippen LogP contribution in [-0.4, -0.2) is 12.0 Å². The number of aromatic nitrogens is 1. The molecule has 0 aliphatic heterocycles. The number of anilines is 2. The monoisotopic (exact) mass is 201 g/mol. The molecule has 0 saturated carbocycles. The fourth-order valence-corrected chi connectivity index (χ4v) is 1.58. The molecular formula is C12H15N3. The molecule has 2 aromatic rings. The van der Waals surface area contributed by atoms with Crippen LogP contribution >= 0.6 is 0 Å². The largest absolute Gasteiger partial charge is 0.399 e. The lowest BCUT2D eigenvalue weighted by molar-refractivity contribution is 0.925. The van der Waals surface area contributed by atoms with E-state index < -0.39 is 0 Å². The van der Waals surface area contributed by atoms with E-state index in [2.05, 4.69) is 29.1 Å². The van der Waals surface area contributed by atoms with Crippen LogP contribution in [0.2, 0.25) is 0 Å². The van der Waals surface area contributed by atoms with Gasteiger partial charge in [-0.05, 0) is 29.8 Å².